The van der Waals surface area contributed by atoms with Crippen LogP contribution in [-0.4, -0.2) is 86.4 Å². The molecule has 0 aromatic rings. The van der Waals surface area contributed by atoms with E-state index in [0.29, 0.717) is 0 Å². The van der Waals surface area contributed by atoms with Gasteiger partial charge in [-0.3, -0.25) is 4.90 Å². The molecule has 2 unspecified atom stereocenters. The Morgan fingerprint density at radius 1 is 1.05 bits per heavy atom. The number of hydrogen-bond donors (Lipinski definition) is 0. The smallest absolute Gasteiger partial charge is 0.102 e. The van der Waals surface area contributed by atoms with Crippen LogP contribution in [0.3, 0.4) is 0 Å². The molecule has 118 valence electrons. The lowest BCUT2D eigenvalue weighted by Gasteiger charge is -2.54. The van der Waals surface area contributed by atoms with E-state index in [-0.39, 0.29) is 0 Å². The van der Waals surface area contributed by atoms with Crippen LogP contribution in [0, 0.1) is 0 Å². The van der Waals surface area contributed by atoms with Crippen molar-refractivity contribution < 1.29 is 8.97 Å². The molecule has 0 saturated carbocycles. The lowest BCUT2D eigenvalue weighted by molar-refractivity contribution is -0.948. The highest BCUT2D eigenvalue weighted by atomic mass is 15.4. The predicted molar refractivity (Wildman–Crippen MR) is 86.7 cm³/mol. The standard InChI is InChI=1S/C17H37N3/c1-6-20(5,7-2)13-9-12-18-14-16-10-8-11-17(15-18)19(16,3)4/h16-17H,6-15H2,1-5H3/q+2. The van der Waals surface area contributed by atoms with Gasteiger partial charge in [-0.05, 0) is 20.3 Å². The van der Waals surface area contributed by atoms with Gasteiger partial charge in [-0.15, -0.1) is 0 Å². The average Bonchev–Trinajstić information content (AvgIpc) is 2.39. The van der Waals surface area contributed by atoms with E-state index in [4.69, 9.17) is 0 Å². The van der Waals surface area contributed by atoms with Crippen molar-refractivity contribution in [3.8, 4) is 0 Å². The first-order chi connectivity index (χ1) is 9.41. The van der Waals surface area contributed by atoms with Crippen molar-refractivity contribution >= 4 is 0 Å². The molecule has 2 bridgehead atoms. The minimum atomic E-state index is 0.890. The van der Waals surface area contributed by atoms with Crippen LogP contribution in [0.15, 0.2) is 0 Å². The summed E-state index contributed by atoms with van der Waals surface area (Å²) in [5.74, 6) is 0. The first kappa shape index (κ1) is 16.3. The maximum atomic E-state index is 2.77. The quantitative estimate of drug-likeness (QED) is 0.675. The van der Waals surface area contributed by atoms with Crippen LogP contribution in [0.4, 0.5) is 0 Å². The third-order valence-electron chi connectivity index (χ3n) is 6.59. The second-order valence-electron chi connectivity index (χ2n) is 7.96. The van der Waals surface area contributed by atoms with Gasteiger partial charge in [0, 0.05) is 25.8 Å². The highest BCUT2D eigenvalue weighted by Crippen LogP contribution is 2.32. The fourth-order valence-corrected chi connectivity index (χ4v) is 4.23. The van der Waals surface area contributed by atoms with Crippen molar-refractivity contribution in [2.75, 3.05) is 60.4 Å². The molecule has 3 heteroatoms. The minimum absolute atomic E-state index is 0.890. The normalized spacial score (nSPS) is 30.4. The minimum Gasteiger partial charge on any atom is -0.326 e. The number of piperidine rings is 1. The maximum Gasteiger partial charge on any atom is 0.102 e. The number of likely N-dealkylation sites (tertiary alicyclic amines) is 1. The summed E-state index contributed by atoms with van der Waals surface area (Å²) in [4.78, 5) is 2.77. The van der Waals surface area contributed by atoms with Gasteiger partial charge in [0.15, 0.2) is 0 Å². The molecule has 2 aliphatic rings. The molecule has 0 aromatic carbocycles. The van der Waals surface area contributed by atoms with Crippen molar-refractivity contribution in [2.24, 2.45) is 0 Å². The lowest BCUT2D eigenvalue weighted by atomic mass is 9.89. The highest BCUT2D eigenvalue weighted by molar-refractivity contribution is 4.83. The molecule has 0 radical (unpaired) electrons. The van der Waals surface area contributed by atoms with Crippen molar-refractivity contribution in [2.45, 2.75) is 51.6 Å². The van der Waals surface area contributed by atoms with Gasteiger partial charge in [0.25, 0.3) is 0 Å². The van der Waals surface area contributed by atoms with E-state index in [1.165, 1.54) is 73.9 Å². The molecule has 2 rings (SSSR count). The van der Waals surface area contributed by atoms with Gasteiger partial charge in [0.2, 0.25) is 0 Å². The number of fused-ring (bicyclic) bond motifs is 2. The average molecular weight is 284 g/mol. The molecule has 0 aliphatic carbocycles. The highest BCUT2D eigenvalue weighted by Gasteiger charge is 2.45. The van der Waals surface area contributed by atoms with Gasteiger partial charge in [-0.1, -0.05) is 0 Å². The summed E-state index contributed by atoms with van der Waals surface area (Å²) >= 11 is 0. The second kappa shape index (κ2) is 6.33. The third-order valence-corrected chi connectivity index (χ3v) is 6.59. The van der Waals surface area contributed by atoms with Crippen molar-refractivity contribution in [1.82, 2.24) is 4.90 Å². The molecular formula is C17H37N3+2. The number of piperazine rings is 1. The monoisotopic (exact) mass is 283 g/mol. The zero-order chi connectivity index (χ0) is 14.8. The Hall–Kier alpha value is -0.120. The Bertz CT molecular complexity index is 293. The Morgan fingerprint density at radius 2 is 1.60 bits per heavy atom. The van der Waals surface area contributed by atoms with Gasteiger partial charge >= 0.3 is 0 Å². The zero-order valence-electron chi connectivity index (χ0n) is 14.6. The lowest BCUT2D eigenvalue weighted by Crippen LogP contribution is -2.68. The molecule has 2 aliphatic heterocycles. The first-order valence-electron chi connectivity index (χ1n) is 8.80. The molecule has 3 nitrogen and oxygen atoms in total. The summed E-state index contributed by atoms with van der Waals surface area (Å²) in [5, 5.41) is 0. The Labute approximate surface area is 126 Å². The molecule has 20 heavy (non-hydrogen) atoms. The summed E-state index contributed by atoms with van der Waals surface area (Å²) in [7, 11) is 7.34. The van der Waals surface area contributed by atoms with E-state index < -0.39 is 0 Å². The van der Waals surface area contributed by atoms with Crippen LogP contribution in [0.25, 0.3) is 0 Å². The van der Waals surface area contributed by atoms with E-state index in [0.717, 1.165) is 12.1 Å². The van der Waals surface area contributed by atoms with E-state index in [9.17, 15) is 0 Å². The Kier molecular flexibility index (Phi) is 5.14. The van der Waals surface area contributed by atoms with Crippen molar-refractivity contribution in [3.63, 3.8) is 0 Å². The topological polar surface area (TPSA) is 3.24 Å². The van der Waals surface area contributed by atoms with Gasteiger partial charge in [0.05, 0.1) is 53.9 Å². The Balaban J connectivity index is 1.81. The number of likely N-dealkylation sites (N-methyl/N-ethyl adjacent to an activating group) is 1. The van der Waals surface area contributed by atoms with Crippen LogP contribution in [-0.2, 0) is 0 Å². The molecule has 2 saturated heterocycles. The van der Waals surface area contributed by atoms with Crippen LogP contribution in [0.1, 0.15) is 39.5 Å². The molecular weight excluding hydrogens is 246 g/mol. The molecule has 0 N–H and O–H groups in total. The maximum absolute atomic E-state index is 2.77. The predicted octanol–water partition coefficient (Wildman–Crippen LogP) is 2.18. The third kappa shape index (κ3) is 3.37. The fourth-order valence-electron chi connectivity index (χ4n) is 4.23. The van der Waals surface area contributed by atoms with E-state index in [1.54, 1.807) is 0 Å². The fraction of sp³-hybridized carbons (Fsp3) is 1.00. The molecule has 2 heterocycles. The molecule has 0 amide bonds. The van der Waals surface area contributed by atoms with Crippen LogP contribution >= 0.6 is 0 Å². The number of nitrogens with zero attached hydrogens (tertiary/aromatic N) is 3. The van der Waals surface area contributed by atoms with E-state index >= 15 is 0 Å². The van der Waals surface area contributed by atoms with Crippen LogP contribution in [0.5, 0.6) is 0 Å². The van der Waals surface area contributed by atoms with Crippen LogP contribution in [0.2, 0.25) is 0 Å². The summed E-state index contributed by atoms with van der Waals surface area (Å²) < 4.78 is 2.52. The van der Waals surface area contributed by atoms with E-state index in [2.05, 4.69) is 39.9 Å². The number of quaternary nitrogens is 2. The summed E-state index contributed by atoms with van der Waals surface area (Å²) in [6, 6.07) is 1.78. The van der Waals surface area contributed by atoms with Crippen LogP contribution < -0.4 is 0 Å². The SMILES string of the molecule is CC[N+](C)(CC)CCCN1CC2CCCC(C1)[N+]2(C)C. The van der Waals surface area contributed by atoms with Gasteiger partial charge in [-0.25, -0.2) is 0 Å². The van der Waals surface area contributed by atoms with Crippen molar-refractivity contribution in [3.05, 3.63) is 0 Å². The molecule has 0 spiro atoms. The second-order valence-corrected chi connectivity index (χ2v) is 7.96. The number of hydrogen-bond acceptors (Lipinski definition) is 1. The first-order valence-corrected chi connectivity index (χ1v) is 8.80. The van der Waals surface area contributed by atoms with Gasteiger partial charge in [0.1, 0.15) is 12.1 Å². The van der Waals surface area contributed by atoms with E-state index in [1.807, 2.05) is 0 Å². The van der Waals surface area contributed by atoms with Crippen molar-refractivity contribution in [1.29, 1.82) is 0 Å². The summed E-state index contributed by atoms with van der Waals surface area (Å²) in [5.41, 5.74) is 0. The Morgan fingerprint density at radius 3 is 2.10 bits per heavy atom. The van der Waals surface area contributed by atoms with Gasteiger partial charge in [-0.2, -0.15) is 0 Å². The summed E-state index contributed by atoms with van der Waals surface area (Å²) in [6.45, 7) is 12.5. The largest absolute Gasteiger partial charge is 0.326 e. The zero-order valence-corrected chi connectivity index (χ0v) is 14.6. The molecule has 2 atom stereocenters. The number of rotatable bonds is 6. The van der Waals surface area contributed by atoms with Gasteiger partial charge < -0.3 is 8.97 Å². The summed E-state index contributed by atoms with van der Waals surface area (Å²) in [6.07, 6.45) is 5.71. The molecule has 0 aromatic heterocycles. The molecule has 2 fully saturated rings.